The molecule has 2 rings (SSSR count). The van der Waals surface area contributed by atoms with E-state index in [9.17, 15) is 4.79 Å². The van der Waals surface area contributed by atoms with E-state index >= 15 is 0 Å². The van der Waals surface area contributed by atoms with Crippen molar-refractivity contribution < 1.29 is 0 Å². The molecule has 0 bridgehead atoms. The number of aromatic nitrogens is 2. The maximum atomic E-state index is 12.1. The van der Waals surface area contributed by atoms with E-state index in [0.717, 1.165) is 44.6 Å². The average molecular weight is 300 g/mol. The zero-order valence-electron chi connectivity index (χ0n) is 10.1. The van der Waals surface area contributed by atoms with Gasteiger partial charge in [-0.3, -0.25) is 9.36 Å². The van der Waals surface area contributed by atoms with Crippen molar-refractivity contribution in [2.45, 2.75) is 38.6 Å². The maximum absolute atomic E-state index is 12.1. The van der Waals surface area contributed by atoms with Crippen LogP contribution in [0, 0.1) is 0 Å². The molecule has 17 heavy (non-hydrogen) atoms. The van der Waals surface area contributed by atoms with Crippen molar-refractivity contribution in [1.82, 2.24) is 14.9 Å². The van der Waals surface area contributed by atoms with Crippen LogP contribution in [0.25, 0.3) is 0 Å². The summed E-state index contributed by atoms with van der Waals surface area (Å²) in [6.07, 6.45) is 4.75. The quantitative estimate of drug-likeness (QED) is 0.927. The highest BCUT2D eigenvalue weighted by Gasteiger charge is 2.21. The lowest BCUT2D eigenvalue weighted by Gasteiger charge is -2.23. The Morgan fingerprint density at radius 2 is 2.24 bits per heavy atom. The van der Waals surface area contributed by atoms with Crippen molar-refractivity contribution in [3.8, 4) is 0 Å². The molecule has 0 saturated carbocycles. The van der Waals surface area contributed by atoms with E-state index in [4.69, 9.17) is 0 Å². The van der Waals surface area contributed by atoms with Gasteiger partial charge in [0.05, 0.1) is 12.0 Å². The van der Waals surface area contributed by atoms with Crippen molar-refractivity contribution >= 4 is 15.9 Å². The predicted octanol–water partition coefficient (Wildman–Crippen LogP) is 1.88. The Morgan fingerprint density at radius 3 is 2.88 bits per heavy atom. The van der Waals surface area contributed by atoms with Crippen LogP contribution >= 0.6 is 15.9 Å². The standard InChI is InChI=1S/C12H18BrN3O/c1-2-7-16-8-15-11(10(13)12(16)17)9-3-5-14-6-4-9/h8-9,14H,2-7H2,1H3. The minimum atomic E-state index is 0.0513. The van der Waals surface area contributed by atoms with Gasteiger partial charge >= 0.3 is 0 Å². The molecular formula is C12H18BrN3O. The molecule has 1 aromatic heterocycles. The molecule has 1 aliphatic heterocycles. The summed E-state index contributed by atoms with van der Waals surface area (Å²) >= 11 is 3.42. The van der Waals surface area contributed by atoms with Crippen molar-refractivity contribution in [3.05, 3.63) is 26.8 Å². The maximum Gasteiger partial charge on any atom is 0.267 e. The van der Waals surface area contributed by atoms with Crippen LogP contribution in [0.1, 0.15) is 37.8 Å². The zero-order chi connectivity index (χ0) is 12.3. The number of nitrogens with one attached hydrogen (secondary N) is 1. The summed E-state index contributed by atoms with van der Waals surface area (Å²) < 4.78 is 2.33. The molecule has 0 aliphatic carbocycles. The smallest absolute Gasteiger partial charge is 0.267 e. The lowest BCUT2D eigenvalue weighted by Crippen LogP contribution is -2.29. The van der Waals surface area contributed by atoms with E-state index in [1.54, 1.807) is 10.9 Å². The Balaban J connectivity index is 2.29. The number of halogens is 1. The second kappa shape index (κ2) is 5.78. The lowest BCUT2D eigenvalue weighted by atomic mass is 9.94. The van der Waals surface area contributed by atoms with E-state index in [-0.39, 0.29) is 5.56 Å². The Labute approximate surface area is 110 Å². The predicted molar refractivity (Wildman–Crippen MR) is 71.3 cm³/mol. The summed E-state index contributed by atoms with van der Waals surface area (Å²) in [4.78, 5) is 16.6. The first-order valence-corrected chi connectivity index (χ1v) is 6.99. The fraction of sp³-hybridized carbons (Fsp3) is 0.667. The summed E-state index contributed by atoms with van der Waals surface area (Å²) in [5.74, 6) is 0.412. The second-order valence-corrected chi connectivity index (χ2v) is 5.26. The van der Waals surface area contributed by atoms with Crippen LogP contribution in [-0.4, -0.2) is 22.6 Å². The van der Waals surface area contributed by atoms with Gasteiger partial charge in [0.1, 0.15) is 4.47 Å². The molecule has 1 saturated heterocycles. The van der Waals surface area contributed by atoms with Gasteiger partial charge in [-0.2, -0.15) is 0 Å². The van der Waals surface area contributed by atoms with Gasteiger partial charge in [0.25, 0.3) is 5.56 Å². The Bertz CT molecular complexity index is 438. The van der Waals surface area contributed by atoms with Crippen molar-refractivity contribution in [1.29, 1.82) is 0 Å². The monoisotopic (exact) mass is 299 g/mol. The molecule has 1 aliphatic rings. The summed E-state index contributed by atoms with van der Waals surface area (Å²) in [5, 5.41) is 3.32. The Morgan fingerprint density at radius 1 is 1.53 bits per heavy atom. The van der Waals surface area contributed by atoms with Gasteiger partial charge in [-0.1, -0.05) is 6.92 Å². The second-order valence-electron chi connectivity index (χ2n) is 4.47. The van der Waals surface area contributed by atoms with Gasteiger partial charge in [-0.25, -0.2) is 4.98 Å². The van der Waals surface area contributed by atoms with Crippen LogP contribution in [0.3, 0.4) is 0 Å². The first kappa shape index (κ1) is 12.8. The molecule has 0 aromatic carbocycles. The highest BCUT2D eigenvalue weighted by Crippen LogP contribution is 2.27. The number of hydrogen-bond donors (Lipinski definition) is 1. The van der Waals surface area contributed by atoms with Gasteiger partial charge in [0.2, 0.25) is 0 Å². The van der Waals surface area contributed by atoms with E-state index in [1.807, 2.05) is 0 Å². The number of hydrogen-bond acceptors (Lipinski definition) is 3. The van der Waals surface area contributed by atoms with E-state index in [1.165, 1.54) is 0 Å². The van der Waals surface area contributed by atoms with Gasteiger partial charge in [0, 0.05) is 12.5 Å². The largest absolute Gasteiger partial charge is 0.317 e. The molecule has 0 atom stereocenters. The molecular weight excluding hydrogens is 282 g/mol. The number of piperidine rings is 1. The van der Waals surface area contributed by atoms with Crippen molar-refractivity contribution in [2.75, 3.05) is 13.1 Å². The molecule has 0 amide bonds. The van der Waals surface area contributed by atoms with Gasteiger partial charge < -0.3 is 5.32 Å². The minimum absolute atomic E-state index is 0.0513. The van der Waals surface area contributed by atoms with Crippen molar-refractivity contribution in [2.24, 2.45) is 0 Å². The third-order valence-corrected chi connectivity index (χ3v) is 3.95. The normalized spacial score (nSPS) is 17.3. The zero-order valence-corrected chi connectivity index (χ0v) is 11.7. The lowest BCUT2D eigenvalue weighted by molar-refractivity contribution is 0.448. The summed E-state index contributed by atoms with van der Waals surface area (Å²) in [7, 11) is 0. The number of nitrogens with zero attached hydrogens (tertiary/aromatic N) is 2. The van der Waals surface area contributed by atoms with Gasteiger partial charge in [-0.15, -0.1) is 0 Å². The third kappa shape index (κ3) is 2.77. The summed E-state index contributed by atoms with van der Waals surface area (Å²) in [5.41, 5.74) is 0.985. The van der Waals surface area contributed by atoms with Crippen LogP contribution in [0.2, 0.25) is 0 Å². The third-order valence-electron chi connectivity index (χ3n) is 3.20. The van der Waals surface area contributed by atoms with Crippen LogP contribution in [0.5, 0.6) is 0 Å². The van der Waals surface area contributed by atoms with Crippen LogP contribution < -0.4 is 10.9 Å². The van der Waals surface area contributed by atoms with Gasteiger partial charge in [0.15, 0.2) is 0 Å². The minimum Gasteiger partial charge on any atom is -0.317 e. The first-order valence-electron chi connectivity index (χ1n) is 6.19. The molecule has 2 heterocycles. The molecule has 4 nitrogen and oxygen atoms in total. The molecule has 0 unspecified atom stereocenters. The molecule has 1 N–H and O–H groups in total. The molecule has 1 aromatic rings. The Hall–Kier alpha value is -0.680. The summed E-state index contributed by atoms with van der Waals surface area (Å²) in [6, 6.07) is 0. The van der Waals surface area contributed by atoms with E-state index in [2.05, 4.69) is 33.2 Å². The van der Waals surface area contributed by atoms with Gasteiger partial charge in [-0.05, 0) is 48.3 Å². The van der Waals surface area contributed by atoms with E-state index in [0.29, 0.717) is 10.4 Å². The first-order chi connectivity index (χ1) is 8.24. The number of aryl methyl sites for hydroxylation is 1. The Kier molecular flexibility index (Phi) is 4.34. The molecule has 0 radical (unpaired) electrons. The molecule has 94 valence electrons. The van der Waals surface area contributed by atoms with Crippen LogP contribution in [0.4, 0.5) is 0 Å². The fourth-order valence-corrected chi connectivity index (χ4v) is 2.91. The fourth-order valence-electron chi connectivity index (χ4n) is 2.26. The van der Waals surface area contributed by atoms with E-state index < -0.39 is 0 Å². The SMILES string of the molecule is CCCn1cnc(C2CCNCC2)c(Br)c1=O. The van der Waals surface area contributed by atoms with Crippen LogP contribution in [0.15, 0.2) is 15.6 Å². The molecule has 5 heteroatoms. The topological polar surface area (TPSA) is 46.9 Å². The molecule has 0 spiro atoms. The van der Waals surface area contributed by atoms with Crippen LogP contribution in [-0.2, 0) is 6.54 Å². The van der Waals surface area contributed by atoms with Crippen molar-refractivity contribution in [3.63, 3.8) is 0 Å². The average Bonchev–Trinajstić information content (AvgIpc) is 2.36. The highest BCUT2D eigenvalue weighted by molar-refractivity contribution is 9.10. The summed E-state index contributed by atoms with van der Waals surface area (Å²) in [6.45, 7) is 4.81. The highest BCUT2D eigenvalue weighted by atomic mass is 79.9. The number of rotatable bonds is 3. The molecule has 1 fully saturated rings.